The van der Waals surface area contributed by atoms with E-state index in [0.717, 1.165) is 9.65 Å². The molecule has 0 aromatic heterocycles. The molecule has 1 N–H and O–H groups in total. The van der Waals surface area contributed by atoms with Crippen molar-refractivity contribution < 1.29 is 59.6 Å². The number of carbonyl (C=O) groups is 2. The quantitative estimate of drug-likeness (QED) is 0.167. The topological polar surface area (TPSA) is 82.1 Å². The van der Waals surface area contributed by atoms with Crippen molar-refractivity contribution in [2.75, 3.05) is 6.61 Å². The first-order chi connectivity index (χ1) is 20.6. The van der Waals surface area contributed by atoms with Crippen LogP contribution in [0.1, 0.15) is 18.1 Å². The van der Waals surface area contributed by atoms with Gasteiger partial charge in [0.05, 0.1) is 17.8 Å². The van der Waals surface area contributed by atoms with Gasteiger partial charge in [-0.15, -0.1) is 0 Å². The molecule has 0 fully saturated rings. The van der Waals surface area contributed by atoms with Crippen molar-refractivity contribution in [2.24, 2.45) is 0 Å². The van der Waals surface area contributed by atoms with E-state index in [0.29, 0.717) is 16.7 Å². The molecule has 0 aliphatic carbocycles. The molecule has 5 rings (SSSR count). The number of rotatable bonds is 4. The maximum Gasteiger partial charge on any atom is 0.430 e. The molecule has 2 unspecified atom stereocenters. The molecule has 232 valence electrons. The monoisotopic (exact) mass is 736 g/mol. The lowest BCUT2D eigenvalue weighted by molar-refractivity contribution is -0.187. The largest absolute Gasteiger partial charge is 0.478 e. The minimum Gasteiger partial charge on any atom is -0.478 e. The third kappa shape index (κ3) is 7.52. The second-order valence-electron chi connectivity index (χ2n) is 9.25. The molecule has 44 heavy (non-hydrogen) atoms. The van der Waals surface area contributed by atoms with Gasteiger partial charge in [-0.1, -0.05) is 18.2 Å². The van der Waals surface area contributed by atoms with Crippen LogP contribution in [0.25, 0.3) is 23.3 Å². The Labute approximate surface area is 258 Å². The second-order valence-corrected chi connectivity index (χ2v) is 10.5. The molecule has 14 heteroatoms. The maximum atomic E-state index is 13.0. The van der Waals surface area contributed by atoms with E-state index in [4.69, 9.17) is 14.6 Å². The molecule has 0 spiro atoms. The molecule has 0 saturated heterocycles. The molecule has 0 radical (unpaired) electrons. The first-order valence-corrected chi connectivity index (χ1v) is 13.7. The first-order valence-electron chi connectivity index (χ1n) is 12.6. The van der Waals surface area contributed by atoms with Gasteiger partial charge < -0.3 is 19.3 Å². The van der Waals surface area contributed by atoms with Crippen LogP contribution in [0.5, 0.6) is 11.5 Å². The number of aliphatic carboxylic acids is 1. The Morgan fingerprint density at radius 1 is 0.795 bits per heavy atom. The maximum absolute atomic E-state index is 13.0. The van der Waals surface area contributed by atoms with Crippen molar-refractivity contribution in [1.82, 2.24) is 0 Å². The fraction of sp³-hybridized carbons (Fsp3) is 0.200. The zero-order valence-corrected chi connectivity index (χ0v) is 24.5. The molecule has 2 heterocycles. The Bertz CT molecular complexity index is 1630. The van der Waals surface area contributed by atoms with Crippen molar-refractivity contribution in [3.05, 3.63) is 92.3 Å². The summed E-state index contributed by atoms with van der Waals surface area (Å²) in [4.78, 5) is 22.8. The highest BCUT2D eigenvalue weighted by atomic mass is 127. The van der Waals surface area contributed by atoms with E-state index in [2.05, 4.69) is 4.74 Å². The summed E-state index contributed by atoms with van der Waals surface area (Å²) < 4.78 is 106. The molecule has 3 aromatic carbocycles. The Balaban J connectivity index is 0.000000204. The van der Waals surface area contributed by atoms with Crippen molar-refractivity contribution in [1.29, 1.82) is 0 Å². The van der Waals surface area contributed by atoms with Crippen LogP contribution in [0.2, 0.25) is 0 Å². The summed E-state index contributed by atoms with van der Waals surface area (Å²) in [5, 5.41) is 9.02. The number of hydrogen-bond acceptors (Lipinski definition) is 5. The normalized spacial score (nSPS) is 17.3. The van der Waals surface area contributed by atoms with Crippen LogP contribution in [-0.4, -0.2) is 48.2 Å². The van der Waals surface area contributed by atoms with E-state index in [1.54, 1.807) is 12.1 Å². The minimum absolute atomic E-state index is 0.0000677. The highest BCUT2D eigenvalue weighted by molar-refractivity contribution is 14.1. The van der Waals surface area contributed by atoms with Crippen LogP contribution in [0.15, 0.2) is 71.8 Å². The molecule has 0 bridgehead atoms. The van der Waals surface area contributed by atoms with E-state index in [9.17, 15) is 40.3 Å². The molecule has 2 aliphatic rings. The lowest BCUT2D eigenvalue weighted by Crippen LogP contribution is -2.40. The molecular formula is C30H20F7IO6. The number of benzene rings is 3. The summed E-state index contributed by atoms with van der Waals surface area (Å²) in [5.41, 5.74) is 0.474. The van der Waals surface area contributed by atoms with E-state index in [1.807, 2.05) is 22.6 Å². The number of alkyl halides is 6. The highest BCUT2D eigenvalue weighted by Gasteiger charge is 2.49. The molecule has 2 aliphatic heterocycles. The van der Waals surface area contributed by atoms with E-state index < -0.39 is 53.5 Å². The fourth-order valence-electron chi connectivity index (χ4n) is 4.24. The van der Waals surface area contributed by atoms with E-state index >= 15 is 0 Å². The summed E-state index contributed by atoms with van der Waals surface area (Å²) in [6, 6.07) is 14.6. The Morgan fingerprint density at radius 3 is 1.84 bits per heavy atom. The Hall–Kier alpha value is -4.08. The van der Waals surface area contributed by atoms with Crippen molar-refractivity contribution >= 4 is 46.7 Å². The average molecular weight is 736 g/mol. The van der Waals surface area contributed by atoms with Crippen LogP contribution in [0, 0.1) is 9.39 Å². The van der Waals surface area contributed by atoms with Crippen LogP contribution in [0.4, 0.5) is 30.7 Å². The summed E-state index contributed by atoms with van der Waals surface area (Å²) >= 11 is 2.03. The number of carboxylic acids is 1. The molecule has 2 atom stereocenters. The van der Waals surface area contributed by atoms with Crippen molar-refractivity contribution in [3.63, 3.8) is 0 Å². The van der Waals surface area contributed by atoms with Crippen LogP contribution >= 0.6 is 22.6 Å². The number of carboxylic acid groups (broad SMARTS) is 1. The third-order valence-corrected chi connectivity index (χ3v) is 6.86. The van der Waals surface area contributed by atoms with Crippen LogP contribution < -0.4 is 9.47 Å². The zero-order valence-electron chi connectivity index (χ0n) is 22.3. The number of ether oxygens (including phenoxy) is 3. The Morgan fingerprint density at radius 2 is 1.30 bits per heavy atom. The number of halogens is 8. The predicted molar refractivity (Wildman–Crippen MR) is 152 cm³/mol. The number of carbonyl (C=O) groups excluding carboxylic acids is 1. The minimum atomic E-state index is -4.84. The summed E-state index contributed by atoms with van der Waals surface area (Å²) in [5.74, 6) is -3.09. The molecule has 6 nitrogen and oxygen atoms in total. The van der Waals surface area contributed by atoms with Crippen LogP contribution in [0.3, 0.4) is 0 Å². The fourth-order valence-corrected chi connectivity index (χ4v) is 4.75. The molecular weight excluding hydrogens is 716 g/mol. The smallest absolute Gasteiger partial charge is 0.430 e. The lowest BCUT2D eigenvalue weighted by Gasteiger charge is -2.27. The summed E-state index contributed by atoms with van der Waals surface area (Å²) in [6.45, 7) is 1.53. The summed E-state index contributed by atoms with van der Waals surface area (Å²) in [7, 11) is 0. The molecule has 0 saturated carbocycles. The van der Waals surface area contributed by atoms with Gasteiger partial charge in [-0.2, -0.15) is 26.3 Å². The second kappa shape index (κ2) is 12.9. The van der Waals surface area contributed by atoms with E-state index in [-0.39, 0.29) is 23.7 Å². The van der Waals surface area contributed by atoms with Gasteiger partial charge >= 0.3 is 24.3 Å². The lowest BCUT2D eigenvalue weighted by atomic mass is 9.97. The van der Waals surface area contributed by atoms with Crippen LogP contribution in [-0.2, 0) is 14.3 Å². The predicted octanol–water partition coefficient (Wildman–Crippen LogP) is 7.85. The average Bonchev–Trinajstić information content (AvgIpc) is 2.95. The number of fused-ring (bicyclic) bond motifs is 2. The first kappa shape index (κ1) is 32.8. The van der Waals surface area contributed by atoms with Gasteiger partial charge in [0.2, 0.25) is 12.2 Å². The van der Waals surface area contributed by atoms with E-state index in [1.165, 1.54) is 61.5 Å². The SMILES string of the molecule is CCOC(=O)C1=Cc2cc(I)ccc2OC1C(F)(F)F.O=C(O)C1=Cc2cc(-c3ccc(F)cc3)ccc2OC1C(F)(F)F. The van der Waals surface area contributed by atoms with Gasteiger partial charge in [0.15, 0.2) is 0 Å². The summed E-state index contributed by atoms with van der Waals surface area (Å²) in [6.07, 6.45) is -12.2. The van der Waals surface area contributed by atoms with Crippen molar-refractivity contribution in [2.45, 2.75) is 31.5 Å². The highest BCUT2D eigenvalue weighted by Crippen LogP contribution is 2.40. The standard InChI is InChI=1S/C17H10F4O3.C13H10F3IO3/c18-12-4-1-9(2-5-12)10-3-6-14-11(7-10)8-13(16(22)23)15(24-14)17(19,20)21;1-2-19-12(18)9-6-7-5-8(17)3-4-10(7)20-11(9)13(14,15)16/h1-8,15H,(H,22,23);3-6,11H,2H2,1H3. The number of hydrogen-bond donors (Lipinski definition) is 1. The zero-order chi connectivity index (χ0) is 32.4. The van der Waals surface area contributed by atoms with Gasteiger partial charge in [-0.3, -0.25) is 0 Å². The molecule has 0 amide bonds. The Kier molecular flexibility index (Phi) is 9.61. The van der Waals surface area contributed by atoms with Crippen molar-refractivity contribution in [3.8, 4) is 22.6 Å². The van der Waals surface area contributed by atoms with Gasteiger partial charge in [0, 0.05) is 14.7 Å². The number of esters is 1. The van der Waals surface area contributed by atoms with Gasteiger partial charge in [0.1, 0.15) is 17.3 Å². The van der Waals surface area contributed by atoms with Gasteiger partial charge in [0.25, 0.3) is 0 Å². The third-order valence-electron chi connectivity index (χ3n) is 6.19. The molecule has 3 aromatic rings. The van der Waals surface area contributed by atoms with Gasteiger partial charge in [-0.25, -0.2) is 14.0 Å². The van der Waals surface area contributed by atoms with Gasteiger partial charge in [-0.05, 0) is 95.3 Å².